The maximum absolute atomic E-state index is 13.6. The van der Waals surface area contributed by atoms with E-state index in [0.717, 1.165) is 44.2 Å². The summed E-state index contributed by atoms with van der Waals surface area (Å²) in [7, 11) is -4.22. The van der Waals surface area contributed by atoms with E-state index in [1.54, 1.807) is 0 Å². The molecule has 21 heavy (non-hydrogen) atoms. The lowest BCUT2D eigenvalue weighted by atomic mass is 9.95. The first-order valence-corrected chi connectivity index (χ1v) is 8.95. The fourth-order valence-electron chi connectivity index (χ4n) is 2.43. The summed E-state index contributed by atoms with van der Waals surface area (Å²) in [6.45, 7) is 0. The van der Waals surface area contributed by atoms with Crippen molar-refractivity contribution < 1.29 is 17.6 Å². The number of rotatable bonds is 3. The van der Waals surface area contributed by atoms with Gasteiger partial charge in [-0.2, -0.15) is 0 Å². The minimum atomic E-state index is -4.22. The lowest BCUT2D eigenvalue weighted by Crippen LogP contribution is -2.36. The zero-order valence-corrected chi connectivity index (χ0v) is 13.6. The summed E-state index contributed by atoms with van der Waals surface area (Å²) in [5.41, 5.74) is 0.0611. The van der Waals surface area contributed by atoms with Crippen LogP contribution in [0.4, 0.5) is 4.39 Å². The second-order valence-electron chi connectivity index (χ2n) is 5.12. The monoisotopic (exact) mass is 378 g/mol. The first kappa shape index (κ1) is 16.4. The number of sulfonamides is 1. The van der Waals surface area contributed by atoms with Crippen LogP contribution in [-0.4, -0.2) is 20.4 Å². The van der Waals surface area contributed by atoms with Gasteiger partial charge in [-0.15, -0.1) is 0 Å². The van der Waals surface area contributed by atoms with Crippen LogP contribution < -0.4 is 10.5 Å². The molecule has 2 rings (SSSR count). The van der Waals surface area contributed by atoms with Crippen molar-refractivity contribution in [3.63, 3.8) is 0 Å². The van der Waals surface area contributed by atoms with Crippen LogP contribution in [0.1, 0.15) is 42.5 Å². The topological polar surface area (TPSA) is 89.3 Å². The molecular weight excluding hydrogens is 363 g/mol. The third-order valence-corrected chi connectivity index (χ3v) is 5.10. The molecule has 0 spiro atoms. The molecule has 0 heterocycles. The lowest BCUT2D eigenvalue weighted by molar-refractivity contribution is 0.0926. The number of benzene rings is 1. The largest absolute Gasteiger partial charge is 0.349 e. The Hall–Kier alpha value is -0.990. The van der Waals surface area contributed by atoms with E-state index in [1.165, 1.54) is 0 Å². The molecule has 5 nitrogen and oxygen atoms in total. The van der Waals surface area contributed by atoms with E-state index in [-0.39, 0.29) is 16.1 Å². The molecule has 1 aromatic rings. The Morgan fingerprint density at radius 3 is 2.48 bits per heavy atom. The maximum atomic E-state index is 13.6. The highest BCUT2D eigenvalue weighted by molar-refractivity contribution is 9.10. The summed E-state index contributed by atoms with van der Waals surface area (Å²) in [6.07, 6.45) is 5.05. The quantitative estimate of drug-likeness (QED) is 0.845. The van der Waals surface area contributed by atoms with Crippen molar-refractivity contribution in [2.75, 3.05) is 0 Å². The zero-order chi connectivity index (χ0) is 15.6. The number of carbonyl (C=O) groups excluding carboxylic acids is 1. The molecule has 1 amide bonds. The van der Waals surface area contributed by atoms with Crippen LogP contribution in [0.3, 0.4) is 0 Å². The Kier molecular flexibility index (Phi) is 5.00. The number of nitrogens with one attached hydrogen (secondary N) is 1. The van der Waals surface area contributed by atoms with E-state index >= 15 is 0 Å². The molecule has 0 unspecified atom stereocenters. The van der Waals surface area contributed by atoms with Crippen LogP contribution in [0.15, 0.2) is 21.5 Å². The average Bonchev–Trinajstić information content (AvgIpc) is 2.38. The standard InChI is InChI=1S/C13H16BrFN2O3S/c14-10-7-11(15)12(21(16,19)20)6-9(10)13(18)17-8-4-2-1-3-5-8/h6-8H,1-5H2,(H,17,18)(H2,16,19,20). The molecule has 0 atom stereocenters. The molecule has 1 saturated carbocycles. The van der Waals surface area contributed by atoms with Crippen molar-refractivity contribution in [2.24, 2.45) is 5.14 Å². The van der Waals surface area contributed by atoms with Crippen LogP contribution in [-0.2, 0) is 10.0 Å². The van der Waals surface area contributed by atoms with Gasteiger partial charge in [-0.05, 0) is 40.9 Å². The summed E-state index contributed by atoms with van der Waals surface area (Å²) in [6, 6.07) is 1.98. The van der Waals surface area contributed by atoms with Crippen molar-refractivity contribution in [3.05, 3.63) is 28.0 Å². The number of hydrogen-bond acceptors (Lipinski definition) is 3. The third-order valence-electron chi connectivity index (χ3n) is 3.51. The lowest BCUT2D eigenvalue weighted by Gasteiger charge is -2.23. The van der Waals surface area contributed by atoms with Gasteiger partial charge in [0.15, 0.2) is 0 Å². The fourth-order valence-corrected chi connectivity index (χ4v) is 3.54. The Labute approximate surface area is 131 Å². The van der Waals surface area contributed by atoms with Crippen molar-refractivity contribution in [1.29, 1.82) is 0 Å². The van der Waals surface area contributed by atoms with Crippen molar-refractivity contribution >= 4 is 31.9 Å². The average molecular weight is 379 g/mol. The van der Waals surface area contributed by atoms with Gasteiger partial charge in [0, 0.05) is 10.5 Å². The SMILES string of the molecule is NS(=O)(=O)c1cc(C(=O)NC2CCCCC2)c(Br)cc1F. The van der Waals surface area contributed by atoms with Gasteiger partial charge in [0.25, 0.3) is 5.91 Å². The summed E-state index contributed by atoms with van der Waals surface area (Å²) < 4.78 is 36.5. The van der Waals surface area contributed by atoms with Crippen LogP contribution in [0.2, 0.25) is 0 Å². The van der Waals surface area contributed by atoms with Crippen molar-refractivity contribution in [1.82, 2.24) is 5.32 Å². The molecular formula is C13H16BrFN2O3S. The van der Waals surface area contributed by atoms with E-state index in [2.05, 4.69) is 21.2 Å². The van der Waals surface area contributed by atoms with Gasteiger partial charge in [0.2, 0.25) is 10.0 Å². The van der Waals surface area contributed by atoms with Crippen molar-refractivity contribution in [3.8, 4) is 0 Å². The van der Waals surface area contributed by atoms with E-state index in [9.17, 15) is 17.6 Å². The van der Waals surface area contributed by atoms with Crippen LogP contribution in [0.5, 0.6) is 0 Å². The molecule has 1 aromatic carbocycles. The van der Waals surface area contributed by atoms with E-state index < -0.39 is 26.6 Å². The number of halogens is 2. The molecule has 3 N–H and O–H groups in total. The Bertz CT molecular complexity index is 658. The summed E-state index contributed by atoms with van der Waals surface area (Å²) in [5, 5.41) is 7.79. The molecule has 1 fully saturated rings. The van der Waals surface area contributed by atoms with Gasteiger partial charge in [-0.3, -0.25) is 4.79 Å². The Morgan fingerprint density at radius 1 is 1.29 bits per heavy atom. The minimum Gasteiger partial charge on any atom is -0.349 e. The summed E-state index contributed by atoms with van der Waals surface area (Å²) in [4.78, 5) is 11.5. The molecule has 0 aromatic heterocycles. The predicted molar refractivity (Wildman–Crippen MR) is 79.8 cm³/mol. The first-order chi connectivity index (χ1) is 9.79. The number of hydrogen-bond donors (Lipinski definition) is 2. The summed E-state index contributed by atoms with van der Waals surface area (Å²) >= 11 is 3.08. The summed E-state index contributed by atoms with van der Waals surface area (Å²) in [5.74, 6) is -1.42. The molecule has 8 heteroatoms. The van der Waals surface area contributed by atoms with Crippen LogP contribution in [0, 0.1) is 5.82 Å². The molecule has 0 bridgehead atoms. The second kappa shape index (κ2) is 6.41. The van der Waals surface area contributed by atoms with E-state index in [0.29, 0.717) is 0 Å². The molecule has 0 saturated heterocycles. The van der Waals surface area contributed by atoms with Gasteiger partial charge in [-0.25, -0.2) is 17.9 Å². The molecule has 1 aliphatic carbocycles. The van der Waals surface area contributed by atoms with Gasteiger partial charge >= 0.3 is 0 Å². The number of amides is 1. The highest BCUT2D eigenvalue weighted by atomic mass is 79.9. The number of nitrogens with two attached hydrogens (primary N) is 1. The number of primary sulfonamides is 1. The molecule has 1 aliphatic rings. The number of carbonyl (C=O) groups is 1. The van der Waals surface area contributed by atoms with Crippen molar-refractivity contribution in [2.45, 2.75) is 43.0 Å². The fraction of sp³-hybridized carbons (Fsp3) is 0.462. The van der Waals surface area contributed by atoms with Crippen LogP contribution in [0.25, 0.3) is 0 Å². The third kappa shape index (κ3) is 4.02. The highest BCUT2D eigenvalue weighted by Gasteiger charge is 2.22. The van der Waals surface area contributed by atoms with Gasteiger partial charge in [-0.1, -0.05) is 19.3 Å². The van der Waals surface area contributed by atoms with Gasteiger partial charge < -0.3 is 5.32 Å². The molecule has 0 aliphatic heterocycles. The molecule has 116 valence electrons. The second-order valence-corrected chi connectivity index (χ2v) is 7.50. The van der Waals surface area contributed by atoms with Crippen LogP contribution >= 0.6 is 15.9 Å². The normalized spacial score (nSPS) is 16.7. The first-order valence-electron chi connectivity index (χ1n) is 6.62. The van der Waals surface area contributed by atoms with Gasteiger partial charge in [0.1, 0.15) is 10.7 Å². The zero-order valence-electron chi connectivity index (χ0n) is 11.2. The smallest absolute Gasteiger partial charge is 0.252 e. The minimum absolute atomic E-state index is 0.0611. The Morgan fingerprint density at radius 2 is 1.90 bits per heavy atom. The predicted octanol–water partition coefficient (Wildman–Crippen LogP) is 2.30. The highest BCUT2D eigenvalue weighted by Crippen LogP contribution is 2.25. The van der Waals surface area contributed by atoms with Gasteiger partial charge in [0.05, 0.1) is 5.56 Å². The molecule has 0 radical (unpaired) electrons. The maximum Gasteiger partial charge on any atom is 0.252 e. The van der Waals surface area contributed by atoms with E-state index in [4.69, 9.17) is 5.14 Å². The van der Waals surface area contributed by atoms with E-state index in [1.807, 2.05) is 0 Å². The Balaban J connectivity index is 2.28.